The molecule has 0 fully saturated rings. The van der Waals surface area contributed by atoms with Crippen molar-refractivity contribution in [2.75, 3.05) is 13.1 Å². The molecule has 0 bridgehead atoms. The average Bonchev–Trinajstić information content (AvgIpc) is 2.74. The predicted molar refractivity (Wildman–Crippen MR) is 124 cm³/mol. The van der Waals surface area contributed by atoms with E-state index in [1.54, 1.807) is 24.3 Å². The van der Waals surface area contributed by atoms with Crippen LogP contribution >= 0.6 is 0 Å². The minimum Gasteiger partial charge on any atom is -0.287 e. The zero-order chi connectivity index (χ0) is 22.5. The maximum atomic E-state index is 12.1. The lowest BCUT2D eigenvalue weighted by Crippen LogP contribution is -2.39. The highest BCUT2D eigenvalue weighted by atomic mass is 16.2. The second kappa shape index (κ2) is 13.5. The molecule has 0 unspecified atom stereocenters. The fourth-order valence-electron chi connectivity index (χ4n) is 2.44. The minimum atomic E-state index is -0.159. The molecule has 0 radical (unpaired) electrons. The molecule has 4 N–H and O–H groups in total. The summed E-state index contributed by atoms with van der Waals surface area (Å²) in [7, 11) is 0. The molecule has 0 saturated heterocycles. The van der Waals surface area contributed by atoms with Crippen LogP contribution in [0.3, 0.4) is 0 Å². The standard InChI is InChI=1S/C22H30N4O2.C2H6/c1-15(2)13-23-25-21(27)19-9-5-17(6-10-19)18-7-11-20(12-8-18)22(28)26-24-14-16(3)4;1-2/h5-12,15-16,23-24H,13-14H2,1-4H3,(H,25,27)(H,26,28);1-2H3. The molecule has 6 heteroatoms. The Kier molecular flexibility index (Phi) is 11.4. The molecule has 6 nitrogen and oxygen atoms in total. The molecule has 164 valence electrons. The Labute approximate surface area is 180 Å². The highest BCUT2D eigenvalue weighted by Gasteiger charge is 2.08. The van der Waals surface area contributed by atoms with E-state index in [1.165, 1.54) is 0 Å². The Hall–Kier alpha value is -2.70. The molecule has 0 aliphatic carbocycles. The first kappa shape index (κ1) is 25.3. The topological polar surface area (TPSA) is 82.3 Å². The minimum absolute atomic E-state index is 0.159. The van der Waals surface area contributed by atoms with Gasteiger partial charge in [0.15, 0.2) is 0 Å². The lowest BCUT2D eigenvalue weighted by Gasteiger charge is -2.10. The fraction of sp³-hybridized carbons (Fsp3) is 0.417. The van der Waals surface area contributed by atoms with Crippen LogP contribution < -0.4 is 21.7 Å². The molecule has 0 spiro atoms. The van der Waals surface area contributed by atoms with E-state index in [-0.39, 0.29) is 11.8 Å². The molecule has 2 amide bonds. The third-order valence-electron chi connectivity index (χ3n) is 4.05. The number of hydrogen-bond acceptors (Lipinski definition) is 4. The summed E-state index contributed by atoms with van der Waals surface area (Å²) < 4.78 is 0. The van der Waals surface area contributed by atoms with E-state index in [4.69, 9.17) is 0 Å². The second-order valence-electron chi connectivity index (χ2n) is 7.61. The number of amides is 2. The van der Waals surface area contributed by atoms with E-state index in [2.05, 4.69) is 49.4 Å². The number of rotatable bonds is 9. The highest BCUT2D eigenvalue weighted by molar-refractivity contribution is 5.95. The quantitative estimate of drug-likeness (QED) is 0.466. The zero-order valence-electron chi connectivity index (χ0n) is 19.0. The van der Waals surface area contributed by atoms with Crippen molar-refractivity contribution in [2.45, 2.75) is 41.5 Å². The van der Waals surface area contributed by atoms with Crippen LogP contribution in [0.4, 0.5) is 0 Å². The second-order valence-corrected chi connectivity index (χ2v) is 7.61. The molecule has 0 heterocycles. The Balaban J connectivity index is 0.00000218. The third-order valence-corrected chi connectivity index (χ3v) is 4.05. The lowest BCUT2D eigenvalue weighted by atomic mass is 10.0. The van der Waals surface area contributed by atoms with Gasteiger partial charge in [-0.15, -0.1) is 0 Å². The Morgan fingerprint density at radius 1 is 0.633 bits per heavy atom. The molecule has 0 atom stereocenters. The van der Waals surface area contributed by atoms with Crippen LogP contribution in [0, 0.1) is 11.8 Å². The first-order chi connectivity index (χ1) is 14.4. The van der Waals surface area contributed by atoms with Crippen molar-refractivity contribution in [1.29, 1.82) is 0 Å². The van der Waals surface area contributed by atoms with Gasteiger partial charge in [-0.1, -0.05) is 65.8 Å². The normalized spacial score (nSPS) is 10.4. The van der Waals surface area contributed by atoms with Gasteiger partial charge in [0.25, 0.3) is 11.8 Å². The Morgan fingerprint density at radius 3 is 1.20 bits per heavy atom. The zero-order valence-corrected chi connectivity index (χ0v) is 19.0. The van der Waals surface area contributed by atoms with Gasteiger partial charge in [0.2, 0.25) is 0 Å². The largest absolute Gasteiger partial charge is 0.287 e. The molecule has 0 aliphatic heterocycles. The van der Waals surface area contributed by atoms with Crippen LogP contribution in [0.15, 0.2) is 48.5 Å². The molecule has 2 rings (SSSR count). The van der Waals surface area contributed by atoms with Gasteiger partial charge < -0.3 is 0 Å². The maximum Gasteiger partial charge on any atom is 0.265 e. The first-order valence-corrected chi connectivity index (χ1v) is 10.6. The van der Waals surface area contributed by atoms with Gasteiger partial charge in [-0.3, -0.25) is 20.4 Å². The van der Waals surface area contributed by atoms with Crippen molar-refractivity contribution >= 4 is 11.8 Å². The van der Waals surface area contributed by atoms with E-state index in [0.717, 1.165) is 24.2 Å². The van der Waals surface area contributed by atoms with Gasteiger partial charge in [0.05, 0.1) is 0 Å². The van der Waals surface area contributed by atoms with Gasteiger partial charge in [0, 0.05) is 24.2 Å². The van der Waals surface area contributed by atoms with E-state index in [1.807, 2.05) is 38.1 Å². The van der Waals surface area contributed by atoms with Crippen molar-refractivity contribution in [2.24, 2.45) is 11.8 Å². The molecular weight excluding hydrogens is 376 g/mol. The molecular formula is C24H36N4O2. The summed E-state index contributed by atoms with van der Waals surface area (Å²) in [5, 5.41) is 0. The van der Waals surface area contributed by atoms with Crippen LogP contribution in [-0.4, -0.2) is 24.9 Å². The summed E-state index contributed by atoms with van der Waals surface area (Å²) in [4.78, 5) is 24.2. The highest BCUT2D eigenvalue weighted by Crippen LogP contribution is 2.20. The Bertz CT molecular complexity index is 701. The van der Waals surface area contributed by atoms with Gasteiger partial charge in [0.1, 0.15) is 0 Å². The smallest absolute Gasteiger partial charge is 0.265 e. The maximum absolute atomic E-state index is 12.1. The number of hydrogen-bond donors (Lipinski definition) is 4. The SMILES string of the molecule is CC.CC(C)CNNC(=O)c1ccc(-c2ccc(C(=O)NNCC(C)C)cc2)cc1. The Morgan fingerprint density at radius 2 is 0.933 bits per heavy atom. The van der Waals surface area contributed by atoms with E-state index in [0.29, 0.717) is 23.0 Å². The van der Waals surface area contributed by atoms with Crippen LogP contribution in [0.5, 0.6) is 0 Å². The van der Waals surface area contributed by atoms with Gasteiger partial charge in [-0.2, -0.15) is 0 Å². The summed E-state index contributed by atoms with van der Waals surface area (Å²) in [6.07, 6.45) is 0. The van der Waals surface area contributed by atoms with Gasteiger partial charge >= 0.3 is 0 Å². The van der Waals surface area contributed by atoms with Crippen LogP contribution in [0.2, 0.25) is 0 Å². The average molecular weight is 413 g/mol. The molecule has 0 aromatic heterocycles. The van der Waals surface area contributed by atoms with Crippen molar-refractivity contribution in [1.82, 2.24) is 21.7 Å². The fourth-order valence-corrected chi connectivity index (χ4v) is 2.44. The number of nitrogens with one attached hydrogen (secondary N) is 4. The van der Waals surface area contributed by atoms with E-state index >= 15 is 0 Å². The molecule has 0 aliphatic rings. The summed E-state index contributed by atoms with van der Waals surface area (Å²) in [6, 6.07) is 14.8. The van der Waals surface area contributed by atoms with Gasteiger partial charge in [-0.25, -0.2) is 10.9 Å². The van der Waals surface area contributed by atoms with E-state index < -0.39 is 0 Å². The first-order valence-electron chi connectivity index (χ1n) is 10.6. The number of carbonyl (C=O) groups is 2. The number of hydrazine groups is 2. The molecule has 0 saturated carbocycles. The summed E-state index contributed by atoms with van der Waals surface area (Å²) in [5.74, 6) is 0.596. The third kappa shape index (κ3) is 8.76. The summed E-state index contributed by atoms with van der Waals surface area (Å²) >= 11 is 0. The molecule has 2 aromatic carbocycles. The summed E-state index contributed by atoms with van der Waals surface area (Å²) in [6.45, 7) is 13.7. The van der Waals surface area contributed by atoms with Gasteiger partial charge in [-0.05, 0) is 47.2 Å². The molecule has 2 aromatic rings. The monoisotopic (exact) mass is 412 g/mol. The lowest BCUT2D eigenvalue weighted by molar-refractivity contribution is 0.0923. The van der Waals surface area contributed by atoms with Crippen molar-refractivity contribution in [3.8, 4) is 11.1 Å². The molecule has 30 heavy (non-hydrogen) atoms. The van der Waals surface area contributed by atoms with Crippen LogP contribution in [0.25, 0.3) is 11.1 Å². The predicted octanol–water partition coefficient (Wildman–Crippen LogP) is 4.16. The van der Waals surface area contributed by atoms with Crippen LogP contribution in [0.1, 0.15) is 62.3 Å². The van der Waals surface area contributed by atoms with E-state index in [9.17, 15) is 9.59 Å². The van der Waals surface area contributed by atoms with Crippen LogP contribution in [-0.2, 0) is 0 Å². The van der Waals surface area contributed by atoms with Crippen molar-refractivity contribution in [3.63, 3.8) is 0 Å². The van der Waals surface area contributed by atoms with Crippen molar-refractivity contribution < 1.29 is 9.59 Å². The number of benzene rings is 2. The van der Waals surface area contributed by atoms with Crippen molar-refractivity contribution in [3.05, 3.63) is 59.7 Å². The number of carbonyl (C=O) groups excluding carboxylic acids is 2. The summed E-state index contributed by atoms with van der Waals surface area (Å²) in [5.41, 5.74) is 14.4.